The summed E-state index contributed by atoms with van der Waals surface area (Å²) < 4.78 is 0. The zero-order valence-corrected chi connectivity index (χ0v) is 15.5. The number of rotatable bonds is 3. The fourth-order valence-electron chi connectivity index (χ4n) is 2.37. The molecule has 1 aliphatic heterocycles. The summed E-state index contributed by atoms with van der Waals surface area (Å²) in [7, 11) is 0. The summed E-state index contributed by atoms with van der Waals surface area (Å²) in [5.74, 6) is -0.103. The molecule has 2 heterocycles. The van der Waals surface area contributed by atoms with Crippen LogP contribution in [0, 0.1) is 0 Å². The van der Waals surface area contributed by atoms with Crippen LogP contribution < -0.4 is 10.6 Å². The van der Waals surface area contributed by atoms with Gasteiger partial charge in [-0.05, 0) is 31.5 Å². The van der Waals surface area contributed by atoms with E-state index in [2.05, 4.69) is 15.6 Å². The molecule has 1 fully saturated rings. The normalized spacial score (nSPS) is 16.8. The molecule has 0 radical (unpaired) electrons. The number of hydrogen-bond acceptors (Lipinski definition) is 4. The molecule has 2 N–H and O–H groups in total. The lowest BCUT2D eigenvalue weighted by molar-refractivity contribution is 0.0926. The maximum atomic E-state index is 12.2. The molecule has 1 aromatic carbocycles. The average molecular weight is 395 g/mol. The van der Waals surface area contributed by atoms with Crippen LogP contribution in [0.2, 0.25) is 5.02 Å². The highest BCUT2D eigenvalue weighted by Gasteiger charge is 2.18. The van der Waals surface area contributed by atoms with Crippen LogP contribution in [0.1, 0.15) is 23.3 Å². The molecule has 1 amide bonds. The second-order valence-corrected chi connectivity index (χ2v) is 6.36. The molecule has 2 aromatic rings. The second kappa shape index (κ2) is 9.45. The molecule has 8 heteroatoms. The third-order valence-electron chi connectivity index (χ3n) is 3.44. The van der Waals surface area contributed by atoms with Crippen molar-refractivity contribution in [2.45, 2.75) is 18.9 Å². The first-order valence-electron chi connectivity index (χ1n) is 6.95. The van der Waals surface area contributed by atoms with Crippen molar-refractivity contribution in [2.24, 2.45) is 0 Å². The van der Waals surface area contributed by atoms with Gasteiger partial charge < -0.3 is 10.6 Å². The van der Waals surface area contributed by atoms with Crippen molar-refractivity contribution in [2.75, 3.05) is 13.1 Å². The Balaban J connectivity index is 0.00000132. The van der Waals surface area contributed by atoms with Crippen LogP contribution in [-0.2, 0) is 0 Å². The van der Waals surface area contributed by atoms with Crippen LogP contribution in [0.15, 0.2) is 29.6 Å². The molecule has 1 aromatic heterocycles. The van der Waals surface area contributed by atoms with Crippen LogP contribution >= 0.6 is 47.8 Å². The quantitative estimate of drug-likeness (QED) is 0.833. The van der Waals surface area contributed by atoms with E-state index in [0.717, 1.165) is 36.5 Å². The van der Waals surface area contributed by atoms with Gasteiger partial charge in [0.15, 0.2) is 0 Å². The van der Waals surface area contributed by atoms with Crippen molar-refractivity contribution in [1.82, 2.24) is 15.6 Å². The van der Waals surface area contributed by atoms with Crippen molar-refractivity contribution in [1.29, 1.82) is 0 Å². The average Bonchev–Trinajstić information content (AvgIpc) is 2.98. The smallest absolute Gasteiger partial charge is 0.271 e. The standard InChI is InChI=1S/C15H16ClN3OS.2ClH/c16-11-4-1-3-10(7-11)15-19-13(9-21-15)14(20)18-12-5-2-6-17-8-12;;/h1,3-4,7,9,12,17H,2,5-6,8H2,(H,18,20);2*1H/t12-;;/m0../s1. The summed E-state index contributed by atoms with van der Waals surface area (Å²) in [6.07, 6.45) is 2.11. The summed E-state index contributed by atoms with van der Waals surface area (Å²) in [5.41, 5.74) is 1.41. The molecule has 0 saturated carbocycles. The number of nitrogens with zero attached hydrogens (tertiary/aromatic N) is 1. The van der Waals surface area contributed by atoms with E-state index in [0.29, 0.717) is 10.7 Å². The van der Waals surface area contributed by atoms with Crippen molar-refractivity contribution < 1.29 is 4.79 Å². The third-order valence-corrected chi connectivity index (χ3v) is 4.57. The highest BCUT2D eigenvalue weighted by molar-refractivity contribution is 7.13. The van der Waals surface area contributed by atoms with Crippen molar-refractivity contribution in [3.63, 3.8) is 0 Å². The molecular weight excluding hydrogens is 377 g/mol. The van der Waals surface area contributed by atoms with Gasteiger partial charge in [-0.2, -0.15) is 0 Å². The maximum absolute atomic E-state index is 12.2. The summed E-state index contributed by atoms with van der Waals surface area (Å²) in [5, 5.41) is 9.58. The fourth-order valence-corrected chi connectivity index (χ4v) is 3.35. The van der Waals surface area contributed by atoms with Gasteiger partial charge in [0.2, 0.25) is 0 Å². The number of carbonyl (C=O) groups is 1. The number of amides is 1. The third kappa shape index (κ3) is 5.33. The molecule has 0 unspecified atom stereocenters. The van der Waals surface area contributed by atoms with Gasteiger partial charge in [0.1, 0.15) is 10.7 Å². The molecule has 126 valence electrons. The largest absolute Gasteiger partial charge is 0.347 e. The van der Waals surface area contributed by atoms with Gasteiger partial charge in [0.05, 0.1) is 0 Å². The number of nitrogens with one attached hydrogen (secondary N) is 2. The molecule has 1 saturated heterocycles. The second-order valence-electron chi connectivity index (χ2n) is 5.06. The Labute approximate surface area is 156 Å². The minimum absolute atomic E-state index is 0. The van der Waals surface area contributed by atoms with E-state index in [4.69, 9.17) is 11.6 Å². The Hall–Kier alpha value is -0.850. The fraction of sp³-hybridized carbons (Fsp3) is 0.333. The number of benzene rings is 1. The minimum atomic E-state index is -0.103. The van der Waals surface area contributed by atoms with Crippen molar-refractivity contribution in [3.8, 4) is 10.6 Å². The topological polar surface area (TPSA) is 54.0 Å². The molecule has 1 aliphatic rings. The number of hydrogen-bond donors (Lipinski definition) is 2. The zero-order chi connectivity index (χ0) is 14.7. The monoisotopic (exact) mass is 393 g/mol. The van der Waals surface area contributed by atoms with Crippen LogP contribution in [-0.4, -0.2) is 30.0 Å². The number of thiazole rings is 1. The summed E-state index contributed by atoms with van der Waals surface area (Å²) in [6, 6.07) is 7.70. The molecule has 0 aliphatic carbocycles. The van der Waals surface area contributed by atoms with Gasteiger partial charge in [0, 0.05) is 28.6 Å². The van der Waals surface area contributed by atoms with Gasteiger partial charge in [-0.1, -0.05) is 23.7 Å². The molecule has 0 spiro atoms. The lowest BCUT2D eigenvalue weighted by Crippen LogP contribution is -2.45. The number of carbonyl (C=O) groups excluding carboxylic acids is 1. The molecule has 1 atom stereocenters. The van der Waals surface area contributed by atoms with Gasteiger partial charge in [-0.15, -0.1) is 36.2 Å². The van der Waals surface area contributed by atoms with Gasteiger partial charge >= 0.3 is 0 Å². The van der Waals surface area contributed by atoms with Gasteiger partial charge in [-0.3, -0.25) is 4.79 Å². The van der Waals surface area contributed by atoms with Gasteiger partial charge in [0.25, 0.3) is 5.91 Å². The first-order valence-corrected chi connectivity index (χ1v) is 8.21. The van der Waals surface area contributed by atoms with Crippen molar-refractivity contribution >= 4 is 53.7 Å². The Morgan fingerprint density at radius 1 is 1.39 bits per heavy atom. The van der Waals surface area contributed by atoms with E-state index in [-0.39, 0.29) is 36.8 Å². The van der Waals surface area contributed by atoms with E-state index in [1.807, 2.05) is 24.3 Å². The molecule has 4 nitrogen and oxygen atoms in total. The molecular formula is C15H18Cl3N3OS. The first-order chi connectivity index (χ1) is 10.2. The van der Waals surface area contributed by atoms with Gasteiger partial charge in [-0.25, -0.2) is 4.98 Å². The Kier molecular flexibility index (Phi) is 8.29. The maximum Gasteiger partial charge on any atom is 0.271 e. The lowest BCUT2D eigenvalue weighted by atomic mass is 10.1. The molecule has 0 bridgehead atoms. The predicted molar refractivity (Wildman–Crippen MR) is 100 cm³/mol. The van der Waals surface area contributed by atoms with Crippen LogP contribution in [0.4, 0.5) is 0 Å². The SMILES string of the molecule is Cl.Cl.O=C(N[C@H]1CCCNC1)c1csc(-c2cccc(Cl)c2)n1. The minimum Gasteiger partial charge on any atom is -0.347 e. The Bertz CT molecular complexity index is 644. The van der Waals surface area contributed by atoms with E-state index in [1.165, 1.54) is 11.3 Å². The number of piperidine rings is 1. The zero-order valence-electron chi connectivity index (χ0n) is 12.3. The first kappa shape index (κ1) is 20.2. The van der Waals surface area contributed by atoms with Crippen LogP contribution in [0.25, 0.3) is 10.6 Å². The highest BCUT2D eigenvalue weighted by Crippen LogP contribution is 2.26. The summed E-state index contributed by atoms with van der Waals surface area (Å²) >= 11 is 7.44. The highest BCUT2D eigenvalue weighted by atomic mass is 35.5. The van der Waals surface area contributed by atoms with E-state index in [9.17, 15) is 4.79 Å². The molecule has 23 heavy (non-hydrogen) atoms. The Morgan fingerprint density at radius 2 is 2.22 bits per heavy atom. The summed E-state index contributed by atoms with van der Waals surface area (Å²) in [6.45, 7) is 1.86. The van der Waals surface area contributed by atoms with E-state index in [1.54, 1.807) is 5.38 Å². The molecule has 3 rings (SSSR count). The van der Waals surface area contributed by atoms with Crippen LogP contribution in [0.5, 0.6) is 0 Å². The Morgan fingerprint density at radius 3 is 2.91 bits per heavy atom. The van der Waals surface area contributed by atoms with Crippen molar-refractivity contribution in [3.05, 3.63) is 40.4 Å². The summed E-state index contributed by atoms with van der Waals surface area (Å²) in [4.78, 5) is 16.6. The lowest BCUT2D eigenvalue weighted by Gasteiger charge is -2.23. The number of aromatic nitrogens is 1. The van der Waals surface area contributed by atoms with Crippen LogP contribution in [0.3, 0.4) is 0 Å². The predicted octanol–water partition coefficient (Wildman–Crippen LogP) is 3.79. The number of halogens is 3. The van der Waals surface area contributed by atoms with E-state index >= 15 is 0 Å². The van der Waals surface area contributed by atoms with E-state index < -0.39 is 0 Å².